The van der Waals surface area contributed by atoms with Gasteiger partial charge in [-0.2, -0.15) is 13.2 Å². The second kappa shape index (κ2) is 6.05. The van der Waals surface area contributed by atoms with Crippen molar-refractivity contribution in [2.24, 2.45) is 0 Å². The van der Waals surface area contributed by atoms with E-state index in [0.717, 1.165) is 6.07 Å². The lowest BCUT2D eigenvalue weighted by Gasteiger charge is -2.23. The van der Waals surface area contributed by atoms with E-state index < -0.39 is 17.6 Å². The van der Waals surface area contributed by atoms with Crippen LogP contribution in [0.2, 0.25) is 0 Å². The van der Waals surface area contributed by atoms with Gasteiger partial charge >= 0.3 is 6.18 Å². The Morgan fingerprint density at radius 1 is 1.38 bits per heavy atom. The summed E-state index contributed by atoms with van der Waals surface area (Å²) in [6.07, 6.45) is -3.77. The first-order valence-corrected chi connectivity index (χ1v) is 7.01. The maximum absolute atomic E-state index is 12.8. The van der Waals surface area contributed by atoms with Crippen molar-refractivity contribution in [2.45, 2.75) is 25.1 Å². The predicted octanol–water partition coefficient (Wildman–Crippen LogP) is 2.48. The average molecular weight is 365 g/mol. The summed E-state index contributed by atoms with van der Waals surface area (Å²) in [5.41, 5.74) is -0.963. The molecule has 1 aliphatic heterocycles. The molecular formula is C13H12BrF3N2O2. The van der Waals surface area contributed by atoms with Crippen LogP contribution in [0.25, 0.3) is 0 Å². The number of piperidine rings is 1. The Bertz CT molecular complexity index is 565. The molecule has 1 aromatic carbocycles. The van der Waals surface area contributed by atoms with Crippen molar-refractivity contribution < 1.29 is 22.8 Å². The minimum Gasteiger partial charge on any atom is -0.354 e. The van der Waals surface area contributed by atoms with Crippen molar-refractivity contribution in [2.75, 3.05) is 6.54 Å². The first-order chi connectivity index (χ1) is 9.77. The zero-order valence-electron chi connectivity index (χ0n) is 10.8. The third-order valence-corrected chi connectivity index (χ3v) is 3.83. The Hall–Kier alpha value is -1.57. The molecule has 2 N–H and O–H groups in total. The maximum Gasteiger partial charge on any atom is 0.417 e. The summed E-state index contributed by atoms with van der Waals surface area (Å²) in [7, 11) is 0. The predicted molar refractivity (Wildman–Crippen MR) is 72.6 cm³/mol. The molecule has 2 amide bonds. The van der Waals surface area contributed by atoms with Crippen LogP contribution in [-0.4, -0.2) is 24.4 Å². The van der Waals surface area contributed by atoms with Crippen LogP contribution in [0.5, 0.6) is 0 Å². The zero-order valence-corrected chi connectivity index (χ0v) is 12.3. The molecule has 8 heteroatoms. The normalized spacial score (nSPS) is 19.0. The van der Waals surface area contributed by atoms with E-state index in [9.17, 15) is 22.8 Å². The first-order valence-electron chi connectivity index (χ1n) is 6.21. The number of carbonyl (C=O) groups excluding carboxylic acids is 2. The van der Waals surface area contributed by atoms with Crippen molar-refractivity contribution in [3.63, 3.8) is 0 Å². The monoisotopic (exact) mass is 364 g/mol. The van der Waals surface area contributed by atoms with Gasteiger partial charge in [-0.3, -0.25) is 9.59 Å². The molecule has 1 saturated heterocycles. The number of alkyl halides is 3. The number of amides is 2. The highest BCUT2D eigenvalue weighted by Gasteiger charge is 2.33. The van der Waals surface area contributed by atoms with E-state index in [2.05, 4.69) is 26.6 Å². The first kappa shape index (κ1) is 15.8. The van der Waals surface area contributed by atoms with Crippen LogP contribution in [0.15, 0.2) is 22.7 Å². The second-order valence-electron chi connectivity index (χ2n) is 4.71. The Balaban J connectivity index is 2.11. The lowest BCUT2D eigenvalue weighted by Crippen LogP contribution is -2.47. The highest BCUT2D eigenvalue weighted by atomic mass is 79.9. The van der Waals surface area contributed by atoms with Gasteiger partial charge in [0.05, 0.1) is 5.56 Å². The van der Waals surface area contributed by atoms with Crippen LogP contribution in [0.3, 0.4) is 0 Å². The van der Waals surface area contributed by atoms with Crippen LogP contribution in [0.1, 0.15) is 28.8 Å². The molecule has 0 bridgehead atoms. The Morgan fingerprint density at radius 2 is 2.10 bits per heavy atom. The van der Waals surface area contributed by atoms with Crippen LogP contribution in [0.4, 0.5) is 13.2 Å². The van der Waals surface area contributed by atoms with E-state index in [-0.39, 0.29) is 28.5 Å². The smallest absolute Gasteiger partial charge is 0.354 e. The second-order valence-corrected chi connectivity index (χ2v) is 5.56. The SMILES string of the molecule is O=C1CCC(NC(=O)c2ccc(Br)c(C(F)(F)F)c2)CN1. The van der Waals surface area contributed by atoms with Crippen LogP contribution >= 0.6 is 15.9 Å². The Labute approximate surface area is 127 Å². The van der Waals surface area contributed by atoms with Gasteiger partial charge in [0.25, 0.3) is 5.91 Å². The van der Waals surface area contributed by atoms with E-state index in [1.165, 1.54) is 12.1 Å². The average Bonchev–Trinajstić information content (AvgIpc) is 2.40. The summed E-state index contributed by atoms with van der Waals surface area (Å²) in [5, 5.41) is 5.21. The summed E-state index contributed by atoms with van der Waals surface area (Å²) in [5.74, 6) is -0.683. The van der Waals surface area contributed by atoms with Crippen molar-refractivity contribution >= 4 is 27.7 Å². The molecule has 114 valence electrons. The summed E-state index contributed by atoms with van der Waals surface area (Å²) < 4.78 is 38.2. The van der Waals surface area contributed by atoms with Gasteiger partial charge in [0.15, 0.2) is 0 Å². The van der Waals surface area contributed by atoms with E-state index in [1.54, 1.807) is 0 Å². The van der Waals surface area contributed by atoms with Gasteiger partial charge in [-0.15, -0.1) is 0 Å². The number of hydrogen-bond acceptors (Lipinski definition) is 2. The minimum absolute atomic E-state index is 0.0672. The van der Waals surface area contributed by atoms with Crippen LogP contribution < -0.4 is 10.6 Å². The van der Waals surface area contributed by atoms with Crippen molar-refractivity contribution in [3.05, 3.63) is 33.8 Å². The number of nitrogens with one attached hydrogen (secondary N) is 2. The van der Waals surface area contributed by atoms with E-state index >= 15 is 0 Å². The molecule has 1 heterocycles. The summed E-state index contributed by atoms with van der Waals surface area (Å²) in [6.45, 7) is 0.285. The van der Waals surface area contributed by atoms with Gasteiger partial charge in [-0.25, -0.2) is 0 Å². The van der Waals surface area contributed by atoms with Crippen LogP contribution in [-0.2, 0) is 11.0 Å². The quantitative estimate of drug-likeness (QED) is 0.846. The Morgan fingerprint density at radius 3 is 2.67 bits per heavy atom. The van der Waals surface area contributed by atoms with Gasteiger partial charge < -0.3 is 10.6 Å². The zero-order chi connectivity index (χ0) is 15.6. The topological polar surface area (TPSA) is 58.2 Å². The lowest BCUT2D eigenvalue weighted by molar-refractivity contribution is -0.138. The van der Waals surface area contributed by atoms with Gasteiger partial charge in [0.1, 0.15) is 0 Å². The summed E-state index contributed by atoms with van der Waals surface area (Å²) in [6, 6.07) is 3.05. The lowest BCUT2D eigenvalue weighted by atomic mass is 10.1. The molecule has 21 heavy (non-hydrogen) atoms. The van der Waals surface area contributed by atoms with Crippen molar-refractivity contribution in [1.29, 1.82) is 0 Å². The highest BCUT2D eigenvalue weighted by molar-refractivity contribution is 9.10. The molecular weight excluding hydrogens is 353 g/mol. The molecule has 1 fully saturated rings. The standard InChI is InChI=1S/C13H12BrF3N2O2/c14-10-3-1-7(5-9(10)13(15,16)17)12(21)19-8-2-4-11(20)18-6-8/h1,3,5,8H,2,4,6H2,(H,18,20)(H,19,21). The molecule has 1 unspecified atom stereocenters. The molecule has 0 saturated carbocycles. The van der Waals surface area contributed by atoms with E-state index in [1.807, 2.05) is 0 Å². The van der Waals surface area contributed by atoms with Crippen molar-refractivity contribution in [3.8, 4) is 0 Å². The number of rotatable bonds is 2. The van der Waals surface area contributed by atoms with Gasteiger partial charge in [0, 0.05) is 29.0 Å². The van der Waals surface area contributed by atoms with E-state index in [4.69, 9.17) is 0 Å². The fraction of sp³-hybridized carbons (Fsp3) is 0.385. The third kappa shape index (κ3) is 3.96. The summed E-state index contributed by atoms with van der Waals surface area (Å²) >= 11 is 2.82. The molecule has 2 rings (SSSR count). The third-order valence-electron chi connectivity index (χ3n) is 3.13. The molecule has 1 aromatic rings. The van der Waals surface area contributed by atoms with E-state index in [0.29, 0.717) is 12.8 Å². The fourth-order valence-corrected chi connectivity index (χ4v) is 2.48. The molecule has 0 aromatic heterocycles. The number of halogens is 4. The molecule has 1 atom stereocenters. The fourth-order valence-electron chi connectivity index (χ4n) is 2.01. The molecule has 0 radical (unpaired) electrons. The molecule has 4 nitrogen and oxygen atoms in total. The van der Waals surface area contributed by atoms with Gasteiger partial charge in [0.2, 0.25) is 5.91 Å². The summed E-state index contributed by atoms with van der Waals surface area (Å²) in [4.78, 5) is 23.0. The largest absolute Gasteiger partial charge is 0.417 e. The van der Waals surface area contributed by atoms with Gasteiger partial charge in [-0.05, 0) is 24.6 Å². The van der Waals surface area contributed by atoms with Gasteiger partial charge in [-0.1, -0.05) is 15.9 Å². The molecule has 0 aliphatic carbocycles. The number of benzene rings is 1. The number of hydrogen-bond donors (Lipinski definition) is 2. The highest BCUT2D eigenvalue weighted by Crippen LogP contribution is 2.35. The van der Waals surface area contributed by atoms with Crippen molar-refractivity contribution in [1.82, 2.24) is 10.6 Å². The number of carbonyl (C=O) groups is 2. The Kier molecular flexibility index (Phi) is 4.55. The van der Waals surface area contributed by atoms with Crippen LogP contribution in [0, 0.1) is 0 Å². The minimum atomic E-state index is -4.53. The molecule has 0 spiro atoms. The molecule has 1 aliphatic rings. The maximum atomic E-state index is 12.8.